The molecule has 0 saturated carbocycles. The smallest absolute Gasteiger partial charge is 0.325 e. The maximum atomic E-state index is 12.0. The number of carbonyl (C=O) groups is 2. The molecule has 2 N–H and O–H groups in total. The van der Waals surface area contributed by atoms with E-state index in [0.717, 1.165) is 8.99 Å². The van der Waals surface area contributed by atoms with E-state index in [0.29, 0.717) is 0 Å². The number of carboxylic acid groups (broad SMARTS) is 1. The van der Waals surface area contributed by atoms with Gasteiger partial charge in [-0.3, -0.25) is 14.3 Å². The quantitative estimate of drug-likeness (QED) is 0.758. The number of furan rings is 1. The summed E-state index contributed by atoms with van der Waals surface area (Å²) in [7, 11) is -1.09. The molecule has 2 aromatic heterocycles. The van der Waals surface area contributed by atoms with E-state index in [1.54, 1.807) is 0 Å². The van der Waals surface area contributed by atoms with Crippen LogP contribution in [0, 0.1) is 0 Å². The molecule has 0 bridgehead atoms. The monoisotopic (exact) mass is 342 g/mol. The zero-order chi connectivity index (χ0) is 17.2. The number of amides is 1. The third-order valence-corrected chi connectivity index (χ3v) is 4.41. The first-order valence-corrected chi connectivity index (χ1v) is 7.73. The van der Waals surface area contributed by atoms with E-state index in [-0.39, 0.29) is 23.2 Å². The Bertz CT molecular complexity index is 835. The summed E-state index contributed by atoms with van der Waals surface area (Å²) in [6, 6.07) is 3.80. The van der Waals surface area contributed by atoms with Crippen molar-refractivity contribution in [1.82, 2.24) is 14.1 Å². The lowest BCUT2D eigenvalue weighted by Gasteiger charge is -2.07. The maximum Gasteiger partial charge on any atom is 0.325 e. The number of hydrogen-bond acceptors (Lipinski definition) is 6. The van der Waals surface area contributed by atoms with E-state index in [9.17, 15) is 18.0 Å². The Kier molecular flexibility index (Phi) is 4.52. The van der Waals surface area contributed by atoms with Crippen LogP contribution in [0.5, 0.6) is 0 Å². The van der Waals surface area contributed by atoms with Crippen LogP contribution in [0.4, 0.5) is 5.82 Å². The topological polar surface area (TPSA) is 135 Å². The molecule has 2 aromatic rings. The third-order valence-electron chi connectivity index (χ3n) is 2.72. The Hall–Kier alpha value is -2.66. The van der Waals surface area contributed by atoms with Gasteiger partial charge in [-0.05, 0) is 12.1 Å². The van der Waals surface area contributed by atoms with E-state index in [4.69, 9.17) is 9.52 Å². The average Bonchev–Trinajstić information content (AvgIpc) is 3.07. The highest BCUT2D eigenvalue weighted by molar-refractivity contribution is 7.88. The number of sulfonamides is 1. The summed E-state index contributed by atoms with van der Waals surface area (Å²) in [4.78, 5) is 22.5. The Morgan fingerprint density at radius 2 is 2.04 bits per heavy atom. The summed E-state index contributed by atoms with van der Waals surface area (Å²) < 4.78 is 30.9. The highest BCUT2D eigenvalue weighted by Gasteiger charge is 2.23. The first-order chi connectivity index (χ1) is 10.7. The fourth-order valence-corrected chi connectivity index (χ4v) is 2.39. The molecule has 0 aromatic carbocycles. The molecule has 0 unspecified atom stereocenters. The molecule has 0 saturated heterocycles. The summed E-state index contributed by atoms with van der Waals surface area (Å²) in [5.74, 6) is -1.87. The van der Waals surface area contributed by atoms with Crippen LogP contribution in [-0.4, -0.2) is 53.6 Å². The van der Waals surface area contributed by atoms with Crippen molar-refractivity contribution in [1.29, 1.82) is 0 Å². The van der Waals surface area contributed by atoms with Crippen LogP contribution in [0.3, 0.4) is 0 Å². The molecular weight excluding hydrogens is 328 g/mol. The molecule has 0 radical (unpaired) electrons. The normalized spacial score (nSPS) is 11.6. The Labute approximate surface area is 131 Å². The van der Waals surface area contributed by atoms with E-state index >= 15 is 0 Å². The van der Waals surface area contributed by atoms with Gasteiger partial charge in [-0.25, -0.2) is 12.7 Å². The van der Waals surface area contributed by atoms with Crippen molar-refractivity contribution in [2.75, 3.05) is 19.4 Å². The minimum atomic E-state index is -3.77. The number of rotatable bonds is 6. The predicted molar refractivity (Wildman–Crippen MR) is 77.4 cm³/mol. The van der Waals surface area contributed by atoms with Crippen molar-refractivity contribution in [2.24, 2.45) is 0 Å². The lowest BCUT2D eigenvalue weighted by Crippen LogP contribution is -2.21. The van der Waals surface area contributed by atoms with Crippen molar-refractivity contribution in [3.8, 4) is 0 Å². The molecule has 2 rings (SSSR count). The van der Waals surface area contributed by atoms with Crippen molar-refractivity contribution >= 4 is 27.7 Å². The molecule has 0 aliphatic rings. The second-order valence-corrected chi connectivity index (χ2v) is 6.74. The maximum absolute atomic E-state index is 12.0. The second-order valence-electron chi connectivity index (χ2n) is 4.65. The number of aromatic nitrogens is 2. The van der Waals surface area contributed by atoms with Gasteiger partial charge in [0.1, 0.15) is 6.54 Å². The number of carbonyl (C=O) groups excluding carboxylic acids is 1. The molecule has 23 heavy (non-hydrogen) atoms. The summed E-state index contributed by atoms with van der Waals surface area (Å²) in [5, 5.41) is 14.5. The average molecular weight is 342 g/mol. The second kappa shape index (κ2) is 6.22. The Morgan fingerprint density at radius 3 is 2.65 bits per heavy atom. The number of nitrogens with zero attached hydrogens (tertiary/aromatic N) is 3. The summed E-state index contributed by atoms with van der Waals surface area (Å²) >= 11 is 0. The van der Waals surface area contributed by atoms with Crippen LogP contribution >= 0.6 is 0 Å². The molecule has 11 heteroatoms. The standard InChI is InChI=1S/C12H14N4O6S/c1-15(2)23(20,21)11-4-3-8(22-11)12(19)13-9-5-6-16(14-9)7-10(17)18/h3-6H,7H2,1-2H3,(H,17,18)(H,13,14,19). The van der Waals surface area contributed by atoms with Crippen LogP contribution in [0.15, 0.2) is 33.9 Å². The summed E-state index contributed by atoms with van der Waals surface area (Å²) in [5.41, 5.74) is 0. The fourth-order valence-electron chi connectivity index (χ4n) is 1.59. The zero-order valence-electron chi connectivity index (χ0n) is 12.3. The predicted octanol–water partition coefficient (Wildman–Crippen LogP) is 0.0633. The van der Waals surface area contributed by atoms with Crippen molar-refractivity contribution < 1.29 is 27.5 Å². The highest BCUT2D eigenvalue weighted by Crippen LogP contribution is 2.17. The van der Waals surface area contributed by atoms with Gasteiger partial charge < -0.3 is 14.8 Å². The van der Waals surface area contributed by atoms with E-state index in [1.807, 2.05) is 0 Å². The summed E-state index contributed by atoms with van der Waals surface area (Å²) in [6.07, 6.45) is 1.38. The van der Waals surface area contributed by atoms with Crippen molar-refractivity contribution in [3.63, 3.8) is 0 Å². The SMILES string of the molecule is CN(C)S(=O)(=O)c1ccc(C(=O)Nc2ccn(CC(=O)O)n2)o1. The number of nitrogens with one attached hydrogen (secondary N) is 1. The minimum Gasteiger partial charge on any atom is -0.480 e. The van der Waals surface area contributed by atoms with Crippen molar-refractivity contribution in [2.45, 2.75) is 11.6 Å². The molecule has 10 nitrogen and oxygen atoms in total. The largest absolute Gasteiger partial charge is 0.480 e. The molecule has 0 fully saturated rings. The Morgan fingerprint density at radius 1 is 1.35 bits per heavy atom. The number of aliphatic carboxylic acids is 1. The van der Waals surface area contributed by atoms with Crippen LogP contribution in [0.25, 0.3) is 0 Å². The number of hydrogen-bond donors (Lipinski definition) is 2. The molecule has 2 heterocycles. The number of carboxylic acids is 1. The third kappa shape index (κ3) is 3.76. The first-order valence-electron chi connectivity index (χ1n) is 6.29. The van der Waals surface area contributed by atoms with Gasteiger partial charge in [0.2, 0.25) is 5.09 Å². The summed E-state index contributed by atoms with van der Waals surface area (Å²) in [6.45, 7) is -0.345. The van der Waals surface area contributed by atoms with Crippen LogP contribution in [0.2, 0.25) is 0 Å². The molecule has 0 aliphatic heterocycles. The molecule has 0 aliphatic carbocycles. The fraction of sp³-hybridized carbons (Fsp3) is 0.250. The molecule has 0 atom stereocenters. The van der Waals surface area contributed by atoms with Gasteiger partial charge in [-0.2, -0.15) is 5.10 Å². The van der Waals surface area contributed by atoms with Gasteiger partial charge in [0.05, 0.1) is 0 Å². The number of anilines is 1. The van der Waals surface area contributed by atoms with Crippen LogP contribution in [-0.2, 0) is 21.4 Å². The molecule has 124 valence electrons. The Balaban J connectivity index is 2.11. The van der Waals surface area contributed by atoms with Crippen LogP contribution in [0.1, 0.15) is 10.6 Å². The van der Waals surface area contributed by atoms with Gasteiger partial charge in [-0.1, -0.05) is 0 Å². The molecule has 0 spiro atoms. The van der Waals surface area contributed by atoms with Crippen molar-refractivity contribution in [3.05, 3.63) is 30.2 Å². The van der Waals surface area contributed by atoms with Crippen LogP contribution < -0.4 is 5.32 Å². The first kappa shape index (κ1) is 16.7. The van der Waals surface area contributed by atoms with Gasteiger partial charge >= 0.3 is 5.97 Å². The molecule has 1 amide bonds. The van der Waals surface area contributed by atoms with E-state index in [2.05, 4.69) is 10.4 Å². The lowest BCUT2D eigenvalue weighted by molar-refractivity contribution is -0.137. The molecular formula is C12H14N4O6S. The van der Waals surface area contributed by atoms with Gasteiger partial charge in [0.25, 0.3) is 15.9 Å². The lowest BCUT2D eigenvalue weighted by atomic mass is 10.4. The minimum absolute atomic E-state index is 0.115. The van der Waals surface area contributed by atoms with Gasteiger partial charge in [-0.15, -0.1) is 0 Å². The zero-order valence-corrected chi connectivity index (χ0v) is 13.1. The van der Waals surface area contributed by atoms with Gasteiger partial charge in [0, 0.05) is 26.4 Å². The van der Waals surface area contributed by atoms with E-state index < -0.39 is 21.9 Å². The van der Waals surface area contributed by atoms with E-state index in [1.165, 1.54) is 38.5 Å². The van der Waals surface area contributed by atoms with Gasteiger partial charge in [0.15, 0.2) is 11.6 Å². The highest BCUT2D eigenvalue weighted by atomic mass is 32.2.